The molecule has 0 radical (unpaired) electrons. The molecule has 1 aliphatic rings. The molecule has 1 amide bonds. The molecule has 1 aliphatic heterocycles. The van der Waals surface area contributed by atoms with Gasteiger partial charge in [0, 0.05) is 59.1 Å². The highest BCUT2D eigenvalue weighted by Crippen LogP contribution is 2.33. The van der Waals surface area contributed by atoms with E-state index < -0.39 is 0 Å². The lowest BCUT2D eigenvalue weighted by atomic mass is 9.91. The van der Waals surface area contributed by atoms with E-state index in [-0.39, 0.29) is 11.8 Å². The number of aromatic nitrogens is 3. The highest BCUT2D eigenvalue weighted by atomic mass is 35.5. The van der Waals surface area contributed by atoms with Gasteiger partial charge in [-0.15, -0.1) is 0 Å². The fraction of sp³-hybridized carbons (Fsp3) is 0.240. The van der Waals surface area contributed by atoms with Crippen molar-refractivity contribution < 1.29 is 4.79 Å². The number of rotatable bonds is 4. The van der Waals surface area contributed by atoms with Gasteiger partial charge in [-0.05, 0) is 36.6 Å². The second-order valence-electron chi connectivity index (χ2n) is 8.02. The summed E-state index contributed by atoms with van der Waals surface area (Å²) in [4.78, 5) is 27.7. The molecule has 156 valence electrons. The number of carbonyl (C=O) groups is 1. The summed E-state index contributed by atoms with van der Waals surface area (Å²) >= 11 is 6.20. The number of hydrogen-bond acceptors (Lipinski definition) is 3. The van der Waals surface area contributed by atoms with Crippen LogP contribution in [0.15, 0.2) is 67.1 Å². The SMILES string of the molecule is O=C(Cc1c[nH]c2ccccc12)N1CCC[C@H](c2nccnc2-c2cccc(Cl)c2)C1. The maximum atomic E-state index is 13.1. The Morgan fingerprint density at radius 2 is 2.00 bits per heavy atom. The summed E-state index contributed by atoms with van der Waals surface area (Å²) in [5, 5.41) is 1.79. The van der Waals surface area contributed by atoms with Crippen LogP contribution in [0.3, 0.4) is 0 Å². The minimum absolute atomic E-state index is 0.155. The highest BCUT2D eigenvalue weighted by molar-refractivity contribution is 6.30. The zero-order chi connectivity index (χ0) is 21.2. The molecule has 1 atom stereocenters. The van der Waals surface area contributed by atoms with Gasteiger partial charge in [0.2, 0.25) is 5.91 Å². The van der Waals surface area contributed by atoms with Crippen LogP contribution in [0.1, 0.15) is 30.0 Å². The summed E-state index contributed by atoms with van der Waals surface area (Å²) < 4.78 is 0. The van der Waals surface area contributed by atoms with Crippen molar-refractivity contribution in [2.75, 3.05) is 13.1 Å². The van der Waals surface area contributed by atoms with Gasteiger partial charge in [-0.1, -0.05) is 41.9 Å². The van der Waals surface area contributed by atoms with E-state index in [9.17, 15) is 4.79 Å². The lowest BCUT2D eigenvalue weighted by Gasteiger charge is -2.33. The third kappa shape index (κ3) is 4.06. The quantitative estimate of drug-likeness (QED) is 0.482. The molecule has 4 aromatic rings. The Hall–Kier alpha value is -3.18. The van der Waals surface area contributed by atoms with E-state index in [2.05, 4.69) is 21.0 Å². The number of nitrogens with one attached hydrogen (secondary N) is 1. The Balaban J connectivity index is 1.37. The third-order valence-corrected chi connectivity index (χ3v) is 6.24. The van der Waals surface area contributed by atoms with E-state index in [1.807, 2.05) is 53.6 Å². The summed E-state index contributed by atoms with van der Waals surface area (Å²) in [5.74, 6) is 0.311. The molecule has 3 heterocycles. The second kappa shape index (κ2) is 8.52. The fourth-order valence-corrected chi connectivity index (χ4v) is 4.68. The number of piperidine rings is 1. The first-order chi connectivity index (χ1) is 15.2. The first-order valence-electron chi connectivity index (χ1n) is 10.6. The van der Waals surface area contributed by atoms with Crippen LogP contribution in [0.5, 0.6) is 0 Å². The largest absolute Gasteiger partial charge is 0.361 e. The average Bonchev–Trinajstić information content (AvgIpc) is 3.22. The van der Waals surface area contributed by atoms with Crippen LogP contribution < -0.4 is 0 Å². The minimum Gasteiger partial charge on any atom is -0.361 e. The summed E-state index contributed by atoms with van der Waals surface area (Å²) in [6.45, 7) is 1.44. The lowest BCUT2D eigenvalue weighted by Crippen LogP contribution is -2.40. The van der Waals surface area contributed by atoms with Crippen LogP contribution in [-0.2, 0) is 11.2 Å². The molecule has 5 nitrogen and oxygen atoms in total. The first kappa shape index (κ1) is 19.8. The molecule has 31 heavy (non-hydrogen) atoms. The number of para-hydroxylation sites is 1. The van der Waals surface area contributed by atoms with Crippen molar-refractivity contribution in [3.05, 3.63) is 83.4 Å². The Kier molecular flexibility index (Phi) is 5.43. The minimum atomic E-state index is 0.155. The fourth-order valence-electron chi connectivity index (χ4n) is 4.49. The van der Waals surface area contributed by atoms with Crippen LogP contribution in [0.25, 0.3) is 22.2 Å². The van der Waals surface area contributed by atoms with Crippen molar-refractivity contribution in [2.45, 2.75) is 25.2 Å². The van der Waals surface area contributed by atoms with Crippen LogP contribution in [0.2, 0.25) is 5.02 Å². The molecule has 2 aromatic heterocycles. The van der Waals surface area contributed by atoms with Gasteiger partial charge < -0.3 is 9.88 Å². The van der Waals surface area contributed by atoms with Gasteiger partial charge in [-0.25, -0.2) is 0 Å². The van der Waals surface area contributed by atoms with Gasteiger partial charge >= 0.3 is 0 Å². The monoisotopic (exact) mass is 430 g/mol. The normalized spacial score (nSPS) is 16.5. The van der Waals surface area contributed by atoms with Crippen LogP contribution in [0, 0.1) is 0 Å². The van der Waals surface area contributed by atoms with Crippen molar-refractivity contribution >= 4 is 28.4 Å². The molecular weight excluding hydrogens is 408 g/mol. The molecule has 1 N–H and O–H groups in total. The van der Waals surface area contributed by atoms with Crippen molar-refractivity contribution in [1.82, 2.24) is 19.9 Å². The Bertz CT molecular complexity index is 1230. The van der Waals surface area contributed by atoms with E-state index >= 15 is 0 Å². The van der Waals surface area contributed by atoms with E-state index in [0.29, 0.717) is 18.0 Å². The summed E-state index contributed by atoms with van der Waals surface area (Å²) in [7, 11) is 0. The predicted molar refractivity (Wildman–Crippen MR) is 123 cm³/mol. The molecule has 2 aromatic carbocycles. The summed E-state index contributed by atoms with van der Waals surface area (Å²) in [5.41, 5.74) is 4.85. The predicted octanol–water partition coefficient (Wildman–Crippen LogP) is 5.23. The lowest BCUT2D eigenvalue weighted by molar-refractivity contribution is -0.131. The molecule has 0 aliphatic carbocycles. The number of carbonyl (C=O) groups excluding carboxylic acids is 1. The molecule has 0 bridgehead atoms. The van der Waals surface area contributed by atoms with Gasteiger partial charge in [-0.2, -0.15) is 0 Å². The number of amides is 1. The number of aromatic amines is 1. The first-order valence-corrected chi connectivity index (χ1v) is 11.0. The van der Waals surface area contributed by atoms with Crippen molar-refractivity contribution in [1.29, 1.82) is 0 Å². The van der Waals surface area contributed by atoms with Crippen LogP contribution in [-0.4, -0.2) is 38.8 Å². The number of fused-ring (bicyclic) bond motifs is 1. The topological polar surface area (TPSA) is 61.9 Å². The van der Waals surface area contributed by atoms with Crippen molar-refractivity contribution in [2.24, 2.45) is 0 Å². The van der Waals surface area contributed by atoms with E-state index in [1.54, 1.807) is 12.4 Å². The standard InChI is InChI=1S/C25H23ClN4O/c26-20-7-3-5-17(13-20)24-25(28-11-10-27-24)18-6-4-12-30(16-18)23(31)14-19-15-29-22-9-2-1-8-21(19)22/h1-3,5,7-11,13,15,18,29H,4,6,12,14,16H2/t18-/m0/s1. The molecule has 0 saturated carbocycles. The number of H-pyrrole nitrogens is 1. The van der Waals surface area contributed by atoms with Gasteiger partial charge in [0.1, 0.15) is 0 Å². The number of benzene rings is 2. The third-order valence-electron chi connectivity index (χ3n) is 6.00. The smallest absolute Gasteiger partial charge is 0.227 e. The van der Waals surface area contributed by atoms with E-state index in [0.717, 1.165) is 52.8 Å². The number of nitrogens with zero attached hydrogens (tertiary/aromatic N) is 3. The van der Waals surface area contributed by atoms with E-state index in [4.69, 9.17) is 11.6 Å². The maximum absolute atomic E-state index is 13.1. The number of halogens is 1. The van der Waals surface area contributed by atoms with Crippen molar-refractivity contribution in [3.63, 3.8) is 0 Å². The molecule has 0 unspecified atom stereocenters. The second-order valence-corrected chi connectivity index (χ2v) is 8.45. The maximum Gasteiger partial charge on any atom is 0.227 e. The molecule has 1 saturated heterocycles. The summed E-state index contributed by atoms with van der Waals surface area (Å²) in [6.07, 6.45) is 7.74. The number of hydrogen-bond donors (Lipinski definition) is 1. The Labute approximate surface area is 186 Å². The van der Waals surface area contributed by atoms with Gasteiger partial charge in [-0.3, -0.25) is 14.8 Å². The molecule has 0 spiro atoms. The van der Waals surface area contributed by atoms with Gasteiger partial charge in [0.25, 0.3) is 0 Å². The molecule has 5 rings (SSSR count). The van der Waals surface area contributed by atoms with Crippen LogP contribution >= 0.6 is 11.6 Å². The molecular formula is C25H23ClN4O. The molecule has 1 fully saturated rings. The highest BCUT2D eigenvalue weighted by Gasteiger charge is 2.28. The van der Waals surface area contributed by atoms with E-state index in [1.165, 1.54) is 0 Å². The van der Waals surface area contributed by atoms with Crippen LogP contribution in [0.4, 0.5) is 0 Å². The Morgan fingerprint density at radius 1 is 1.13 bits per heavy atom. The zero-order valence-electron chi connectivity index (χ0n) is 17.1. The average molecular weight is 431 g/mol. The Morgan fingerprint density at radius 3 is 2.90 bits per heavy atom. The number of likely N-dealkylation sites (tertiary alicyclic amines) is 1. The van der Waals surface area contributed by atoms with Crippen molar-refractivity contribution in [3.8, 4) is 11.3 Å². The summed E-state index contributed by atoms with van der Waals surface area (Å²) in [6, 6.07) is 15.8. The molecule has 6 heteroatoms. The zero-order valence-corrected chi connectivity index (χ0v) is 17.8. The van der Waals surface area contributed by atoms with Gasteiger partial charge in [0.05, 0.1) is 17.8 Å². The van der Waals surface area contributed by atoms with Gasteiger partial charge in [0.15, 0.2) is 0 Å².